The summed E-state index contributed by atoms with van der Waals surface area (Å²) in [5, 5.41) is 27.2. The lowest BCUT2D eigenvalue weighted by Gasteiger charge is -2.35. The monoisotopic (exact) mass is 580 g/mol. The molecule has 1 aliphatic rings. The van der Waals surface area contributed by atoms with Crippen molar-refractivity contribution in [2.45, 2.75) is 64.8 Å². The van der Waals surface area contributed by atoms with Gasteiger partial charge in [-0.3, -0.25) is 9.59 Å². The summed E-state index contributed by atoms with van der Waals surface area (Å²) >= 11 is 0. The molecule has 0 radical (unpaired) electrons. The minimum Gasteiger partial charge on any atom is -0.508 e. The highest BCUT2D eigenvalue weighted by Crippen LogP contribution is 2.40. The summed E-state index contributed by atoms with van der Waals surface area (Å²) in [6.07, 6.45) is 6.45. The zero-order chi connectivity index (χ0) is 30.1. The first-order valence-electron chi connectivity index (χ1n) is 15.2. The highest BCUT2D eigenvalue weighted by atomic mass is 16.3. The van der Waals surface area contributed by atoms with Crippen LogP contribution in [-0.4, -0.2) is 55.5 Å². The summed E-state index contributed by atoms with van der Waals surface area (Å²) in [4.78, 5) is 29.1. The fourth-order valence-corrected chi connectivity index (χ4v) is 5.98. The third-order valence-electron chi connectivity index (χ3n) is 8.42. The number of rotatable bonds is 13. The number of amides is 2. The van der Waals surface area contributed by atoms with Gasteiger partial charge in [0, 0.05) is 31.6 Å². The molecule has 9 heteroatoms. The first-order chi connectivity index (χ1) is 21.0. The average Bonchev–Trinajstić information content (AvgIpc) is 3.75. The van der Waals surface area contributed by atoms with Gasteiger partial charge in [0.05, 0.1) is 5.41 Å². The number of phenolic OH excluding ortho intramolecular Hbond substituents is 1. The van der Waals surface area contributed by atoms with Crippen LogP contribution in [0.4, 0.5) is 0 Å². The van der Waals surface area contributed by atoms with Crippen molar-refractivity contribution in [2.24, 2.45) is 5.41 Å². The minimum atomic E-state index is -0.583. The fraction of sp³-hybridized carbons (Fsp3) is 0.382. The molecule has 3 aromatic carbocycles. The maximum absolute atomic E-state index is 13.7. The van der Waals surface area contributed by atoms with Crippen molar-refractivity contribution in [1.29, 1.82) is 0 Å². The molecular formula is C34H40N6O3. The number of phenols is 1. The summed E-state index contributed by atoms with van der Waals surface area (Å²) in [5.74, 6) is 0.895. The quantitative estimate of drug-likeness (QED) is 0.187. The predicted molar refractivity (Wildman–Crippen MR) is 166 cm³/mol. The van der Waals surface area contributed by atoms with Gasteiger partial charge >= 0.3 is 0 Å². The van der Waals surface area contributed by atoms with Crippen molar-refractivity contribution in [1.82, 2.24) is 30.8 Å². The molecule has 0 aliphatic heterocycles. The molecule has 3 N–H and O–H groups in total. The molecule has 224 valence electrons. The van der Waals surface area contributed by atoms with Gasteiger partial charge in [-0.2, -0.15) is 5.21 Å². The van der Waals surface area contributed by atoms with E-state index in [4.69, 9.17) is 0 Å². The van der Waals surface area contributed by atoms with E-state index in [-0.39, 0.29) is 17.6 Å². The van der Waals surface area contributed by atoms with Crippen molar-refractivity contribution >= 4 is 11.8 Å². The molecule has 1 heterocycles. The zero-order valence-corrected chi connectivity index (χ0v) is 24.8. The van der Waals surface area contributed by atoms with E-state index in [0.717, 1.165) is 66.3 Å². The third-order valence-corrected chi connectivity index (χ3v) is 8.42. The molecule has 0 saturated heterocycles. The number of aromatic nitrogens is 4. The third kappa shape index (κ3) is 7.46. The topological polar surface area (TPSA) is 124 Å². The van der Waals surface area contributed by atoms with Gasteiger partial charge in [-0.1, -0.05) is 86.8 Å². The smallest absolute Gasteiger partial charge is 0.228 e. The highest BCUT2D eigenvalue weighted by molar-refractivity contribution is 5.85. The van der Waals surface area contributed by atoms with Gasteiger partial charge < -0.3 is 15.3 Å². The Morgan fingerprint density at radius 1 is 0.953 bits per heavy atom. The van der Waals surface area contributed by atoms with Crippen LogP contribution in [0.15, 0.2) is 72.8 Å². The van der Waals surface area contributed by atoms with Gasteiger partial charge in [0.1, 0.15) is 5.75 Å². The van der Waals surface area contributed by atoms with Crippen LogP contribution in [0.25, 0.3) is 22.5 Å². The SMILES string of the molecule is CCCCC(=O)N(Cc1ccc(-c2ccccc2-c2nn[nH]n2)cc1)CC1(C(=O)NCCc2ccc(O)cc2)CCCC1. The van der Waals surface area contributed by atoms with Crippen LogP contribution in [0.5, 0.6) is 5.75 Å². The predicted octanol–water partition coefficient (Wildman–Crippen LogP) is 5.68. The van der Waals surface area contributed by atoms with Crippen LogP contribution in [-0.2, 0) is 22.6 Å². The number of hydrogen-bond donors (Lipinski definition) is 3. The average molecular weight is 581 g/mol. The molecule has 0 spiro atoms. The number of nitrogens with zero attached hydrogens (tertiary/aromatic N) is 4. The second-order valence-corrected chi connectivity index (χ2v) is 11.5. The summed E-state index contributed by atoms with van der Waals surface area (Å²) in [5.41, 5.74) is 4.40. The van der Waals surface area contributed by atoms with Crippen LogP contribution < -0.4 is 5.32 Å². The van der Waals surface area contributed by atoms with Gasteiger partial charge in [-0.25, -0.2) is 0 Å². The maximum atomic E-state index is 13.7. The number of aromatic hydroxyl groups is 1. The van der Waals surface area contributed by atoms with Gasteiger partial charge in [-0.05, 0) is 65.3 Å². The van der Waals surface area contributed by atoms with Crippen LogP contribution in [0.2, 0.25) is 0 Å². The first-order valence-corrected chi connectivity index (χ1v) is 15.2. The summed E-state index contributed by atoms with van der Waals surface area (Å²) in [7, 11) is 0. The lowest BCUT2D eigenvalue weighted by Crippen LogP contribution is -2.48. The largest absolute Gasteiger partial charge is 0.508 e. The van der Waals surface area contributed by atoms with E-state index in [1.165, 1.54) is 0 Å². The number of nitrogens with one attached hydrogen (secondary N) is 2. The van der Waals surface area contributed by atoms with E-state index in [0.29, 0.717) is 38.3 Å². The Morgan fingerprint density at radius 2 is 1.65 bits per heavy atom. The molecule has 0 atom stereocenters. The number of tetrazole rings is 1. The summed E-state index contributed by atoms with van der Waals surface area (Å²) < 4.78 is 0. The number of hydrogen-bond acceptors (Lipinski definition) is 6. The molecule has 1 aliphatic carbocycles. The summed E-state index contributed by atoms with van der Waals surface area (Å²) in [6.45, 7) is 3.48. The number of unbranched alkanes of at least 4 members (excludes halogenated alkanes) is 1. The van der Waals surface area contributed by atoms with Crippen LogP contribution in [0, 0.1) is 5.41 Å². The number of benzene rings is 3. The Labute approximate surface area is 252 Å². The van der Waals surface area contributed by atoms with Crippen molar-refractivity contribution in [3.8, 4) is 28.3 Å². The van der Waals surface area contributed by atoms with E-state index in [2.05, 4.69) is 57.1 Å². The first kappa shape index (κ1) is 29.9. The Morgan fingerprint density at radius 3 is 2.33 bits per heavy atom. The number of carbonyl (C=O) groups is 2. The molecule has 5 rings (SSSR count). The van der Waals surface area contributed by atoms with Gasteiger partial charge in [0.25, 0.3) is 0 Å². The van der Waals surface area contributed by atoms with Crippen molar-refractivity contribution in [3.05, 3.63) is 83.9 Å². The molecule has 1 saturated carbocycles. The maximum Gasteiger partial charge on any atom is 0.228 e. The Hall–Kier alpha value is -4.53. The fourth-order valence-electron chi connectivity index (χ4n) is 5.98. The van der Waals surface area contributed by atoms with Crippen molar-refractivity contribution < 1.29 is 14.7 Å². The molecule has 4 aromatic rings. The summed E-state index contributed by atoms with van der Waals surface area (Å²) in [6, 6.07) is 23.2. The molecule has 9 nitrogen and oxygen atoms in total. The lowest BCUT2D eigenvalue weighted by molar-refractivity contribution is -0.138. The lowest BCUT2D eigenvalue weighted by atomic mass is 9.84. The van der Waals surface area contributed by atoms with Crippen LogP contribution in [0.3, 0.4) is 0 Å². The molecule has 43 heavy (non-hydrogen) atoms. The minimum absolute atomic E-state index is 0.0329. The van der Waals surface area contributed by atoms with Crippen molar-refractivity contribution in [2.75, 3.05) is 13.1 Å². The van der Waals surface area contributed by atoms with E-state index in [1.807, 2.05) is 41.3 Å². The van der Waals surface area contributed by atoms with E-state index in [1.54, 1.807) is 12.1 Å². The van der Waals surface area contributed by atoms with Crippen LogP contribution in [0.1, 0.15) is 63.0 Å². The van der Waals surface area contributed by atoms with Crippen LogP contribution >= 0.6 is 0 Å². The second-order valence-electron chi connectivity index (χ2n) is 11.5. The van der Waals surface area contributed by atoms with E-state index >= 15 is 0 Å². The highest BCUT2D eigenvalue weighted by Gasteiger charge is 2.43. The van der Waals surface area contributed by atoms with E-state index in [9.17, 15) is 14.7 Å². The standard InChI is InChI=1S/C34H40N6O3/c1-2-3-10-31(42)40(24-34(20-6-7-21-34)33(43)35-22-19-25-13-17-28(41)18-14-25)23-26-11-15-27(16-12-26)29-8-4-5-9-30(29)32-36-38-39-37-32/h4-5,8-9,11-18,41H,2-3,6-7,10,19-24H2,1H3,(H,35,43)(H,36,37,38,39). The van der Waals surface area contributed by atoms with Gasteiger partial charge in [0.2, 0.25) is 17.6 Å². The van der Waals surface area contributed by atoms with Gasteiger partial charge in [-0.15, -0.1) is 10.2 Å². The molecule has 1 aromatic heterocycles. The number of H-pyrrole nitrogens is 1. The molecule has 0 unspecified atom stereocenters. The van der Waals surface area contributed by atoms with Gasteiger partial charge in [0.15, 0.2) is 0 Å². The zero-order valence-electron chi connectivity index (χ0n) is 24.8. The Balaban J connectivity index is 1.30. The Kier molecular flexibility index (Phi) is 9.81. The molecule has 0 bridgehead atoms. The normalized spacial score (nSPS) is 14.0. The second kappa shape index (κ2) is 14.1. The Bertz CT molecular complexity index is 1480. The number of aromatic amines is 1. The number of carbonyl (C=O) groups excluding carboxylic acids is 2. The molecule has 2 amide bonds. The molecular weight excluding hydrogens is 540 g/mol. The van der Waals surface area contributed by atoms with Crippen molar-refractivity contribution in [3.63, 3.8) is 0 Å². The van der Waals surface area contributed by atoms with E-state index < -0.39 is 5.41 Å². The molecule has 1 fully saturated rings.